The van der Waals surface area contributed by atoms with Crippen molar-refractivity contribution in [1.29, 1.82) is 0 Å². The number of aliphatic hydroxyl groups excluding tert-OH is 1. The molecule has 3 aromatic rings. The van der Waals surface area contributed by atoms with Crippen LogP contribution in [0.25, 0.3) is 11.3 Å². The number of alkyl halides is 1. The van der Waals surface area contributed by atoms with E-state index < -0.39 is 24.1 Å². The molecule has 0 saturated heterocycles. The number of hydrogen-bond donors (Lipinski definition) is 3. The van der Waals surface area contributed by atoms with Gasteiger partial charge in [-0.25, -0.2) is 24.3 Å². The number of rotatable bonds is 7. The van der Waals surface area contributed by atoms with Gasteiger partial charge in [-0.15, -0.1) is 0 Å². The first-order chi connectivity index (χ1) is 15.0. The van der Waals surface area contributed by atoms with Gasteiger partial charge in [0, 0.05) is 12.3 Å². The van der Waals surface area contributed by atoms with E-state index in [9.17, 15) is 14.3 Å². The fourth-order valence-electron chi connectivity index (χ4n) is 3.07. The summed E-state index contributed by atoms with van der Waals surface area (Å²) in [5.41, 5.74) is 3.30. The normalized spacial score (nSPS) is 18.3. The van der Waals surface area contributed by atoms with Gasteiger partial charge in [-0.3, -0.25) is 9.78 Å². The number of pyridine rings is 1. The number of hydrogen-bond acceptors (Lipinski definition) is 8. The summed E-state index contributed by atoms with van der Waals surface area (Å²) in [5, 5.41) is 15.8. The van der Waals surface area contributed by atoms with E-state index in [2.05, 4.69) is 35.6 Å². The van der Waals surface area contributed by atoms with Crippen LogP contribution in [0.3, 0.4) is 0 Å². The quantitative estimate of drug-likeness (QED) is 0.529. The molecule has 0 aliphatic heterocycles. The molecule has 0 unspecified atom stereocenters. The highest BCUT2D eigenvalue weighted by atomic mass is 19.1. The summed E-state index contributed by atoms with van der Waals surface area (Å²) >= 11 is 0. The fourth-order valence-corrected chi connectivity index (χ4v) is 3.07. The Balaban J connectivity index is 1.58. The molecule has 1 aliphatic carbocycles. The van der Waals surface area contributed by atoms with Crippen LogP contribution in [0, 0.1) is 12.8 Å². The van der Waals surface area contributed by atoms with Crippen molar-refractivity contribution in [2.75, 3.05) is 10.6 Å². The molecule has 31 heavy (non-hydrogen) atoms. The Hall–Kier alpha value is -3.53. The topological polar surface area (TPSA) is 126 Å². The molecule has 3 atom stereocenters. The van der Waals surface area contributed by atoms with Crippen LogP contribution in [-0.4, -0.2) is 42.1 Å². The average molecular weight is 423 g/mol. The largest absolute Gasteiger partial charge is 0.387 e. The Kier molecular flexibility index (Phi) is 5.81. The molecule has 0 bridgehead atoms. The summed E-state index contributed by atoms with van der Waals surface area (Å²) < 4.78 is 13.1. The molecule has 1 amide bonds. The first-order valence-corrected chi connectivity index (χ1v) is 9.95. The van der Waals surface area contributed by atoms with E-state index in [4.69, 9.17) is 0 Å². The number of aromatic nitrogens is 5. The molecular weight excluding hydrogens is 401 g/mol. The average Bonchev–Trinajstić information content (AvgIpc) is 3.52. The molecule has 160 valence electrons. The lowest BCUT2D eigenvalue weighted by Gasteiger charge is -2.14. The summed E-state index contributed by atoms with van der Waals surface area (Å²) in [7, 11) is 0. The van der Waals surface area contributed by atoms with E-state index in [0.29, 0.717) is 29.2 Å². The predicted octanol–water partition coefficient (Wildman–Crippen LogP) is 3.12. The number of nitrogens with one attached hydrogen (secondary N) is 2. The number of nitrogens with zero attached hydrogens (tertiary/aromatic N) is 5. The van der Waals surface area contributed by atoms with Crippen molar-refractivity contribution in [1.82, 2.24) is 24.9 Å². The second kappa shape index (κ2) is 8.68. The Morgan fingerprint density at radius 1 is 1.23 bits per heavy atom. The highest BCUT2D eigenvalue weighted by Gasteiger charge is 2.43. The molecule has 1 fully saturated rings. The van der Waals surface area contributed by atoms with E-state index in [1.807, 2.05) is 19.9 Å². The molecule has 1 saturated carbocycles. The van der Waals surface area contributed by atoms with Gasteiger partial charge in [0.15, 0.2) is 0 Å². The molecule has 10 heteroatoms. The van der Waals surface area contributed by atoms with Crippen LogP contribution in [-0.2, 0) is 4.79 Å². The summed E-state index contributed by atoms with van der Waals surface area (Å²) in [6.45, 7) is 3.80. The number of halogens is 1. The van der Waals surface area contributed by atoms with Gasteiger partial charge in [0.05, 0.1) is 40.9 Å². The minimum Gasteiger partial charge on any atom is -0.387 e. The molecule has 3 N–H and O–H groups in total. The van der Waals surface area contributed by atoms with Gasteiger partial charge >= 0.3 is 0 Å². The van der Waals surface area contributed by atoms with Crippen LogP contribution in [0.4, 0.5) is 21.7 Å². The predicted molar refractivity (Wildman–Crippen MR) is 112 cm³/mol. The lowest BCUT2D eigenvalue weighted by atomic mass is 10.1. The molecule has 3 heterocycles. The third kappa shape index (κ3) is 4.64. The van der Waals surface area contributed by atoms with E-state index in [0.717, 1.165) is 11.3 Å². The van der Waals surface area contributed by atoms with Crippen molar-refractivity contribution in [3.05, 3.63) is 48.4 Å². The Morgan fingerprint density at radius 3 is 2.74 bits per heavy atom. The lowest BCUT2D eigenvalue weighted by Crippen LogP contribution is -2.16. The van der Waals surface area contributed by atoms with Crippen molar-refractivity contribution in [3.63, 3.8) is 0 Å². The zero-order valence-corrected chi connectivity index (χ0v) is 17.1. The van der Waals surface area contributed by atoms with Gasteiger partial charge in [0.2, 0.25) is 5.91 Å². The van der Waals surface area contributed by atoms with Crippen LogP contribution in [0.2, 0.25) is 0 Å². The monoisotopic (exact) mass is 423 g/mol. The second-order valence-electron chi connectivity index (χ2n) is 7.39. The molecule has 0 radical (unpaired) electrons. The third-order valence-corrected chi connectivity index (χ3v) is 5.07. The number of amides is 1. The van der Waals surface area contributed by atoms with Gasteiger partial charge in [-0.2, -0.15) is 0 Å². The molecule has 0 spiro atoms. The van der Waals surface area contributed by atoms with Crippen molar-refractivity contribution in [2.24, 2.45) is 5.92 Å². The standard InChI is InChI=1S/C21H22FN7O2/c1-3-18(30)16-4-11(2)17(8-24-16)28-20-13(7-23-9-27-20)15-6-19(26-10-25-15)29-21(31)12-5-14(12)22/h4,6-10,12,14,18,30H,3,5H2,1-2H3,(H,23,27,28)(H,25,26,29,31)/t12-,14+,18-/m0/s1. The maximum Gasteiger partial charge on any atom is 0.231 e. The van der Waals surface area contributed by atoms with E-state index in [-0.39, 0.29) is 12.2 Å². The summed E-state index contributed by atoms with van der Waals surface area (Å²) in [5.74, 6) is -0.235. The van der Waals surface area contributed by atoms with Crippen molar-refractivity contribution in [3.8, 4) is 11.3 Å². The maximum atomic E-state index is 13.1. The SMILES string of the molecule is CC[C@H](O)c1cc(C)c(Nc2ncncc2-c2cc(NC(=O)[C@H]3C[C@H]3F)ncn2)cn1. The smallest absolute Gasteiger partial charge is 0.231 e. The van der Waals surface area contributed by atoms with Crippen molar-refractivity contribution >= 4 is 23.2 Å². The summed E-state index contributed by atoms with van der Waals surface area (Å²) in [6, 6.07) is 3.41. The zero-order valence-electron chi connectivity index (χ0n) is 17.1. The maximum absolute atomic E-state index is 13.1. The van der Waals surface area contributed by atoms with E-state index >= 15 is 0 Å². The van der Waals surface area contributed by atoms with Gasteiger partial charge in [-0.1, -0.05) is 6.92 Å². The van der Waals surface area contributed by atoms with E-state index in [1.165, 1.54) is 12.7 Å². The van der Waals surface area contributed by atoms with E-state index in [1.54, 1.807) is 18.5 Å². The molecule has 4 rings (SSSR count). The summed E-state index contributed by atoms with van der Waals surface area (Å²) in [4.78, 5) is 33.0. The highest BCUT2D eigenvalue weighted by molar-refractivity contribution is 5.94. The van der Waals surface area contributed by atoms with Crippen LogP contribution >= 0.6 is 0 Å². The van der Waals surface area contributed by atoms with Gasteiger partial charge in [0.1, 0.15) is 30.5 Å². The van der Waals surface area contributed by atoms with Gasteiger partial charge < -0.3 is 15.7 Å². The minimum atomic E-state index is -1.08. The van der Waals surface area contributed by atoms with Crippen LogP contribution in [0.15, 0.2) is 37.2 Å². The van der Waals surface area contributed by atoms with Crippen molar-refractivity contribution < 1.29 is 14.3 Å². The van der Waals surface area contributed by atoms with Gasteiger partial charge in [0.25, 0.3) is 0 Å². The molecule has 9 nitrogen and oxygen atoms in total. The number of anilines is 3. The van der Waals surface area contributed by atoms with Crippen LogP contribution in [0.1, 0.15) is 37.1 Å². The number of carbonyl (C=O) groups is 1. The Morgan fingerprint density at radius 2 is 2.03 bits per heavy atom. The van der Waals surface area contributed by atoms with Gasteiger partial charge in [-0.05, 0) is 31.4 Å². The zero-order chi connectivity index (χ0) is 22.0. The first-order valence-electron chi connectivity index (χ1n) is 9.95. The Bertz CT molecular complexity index is 1110. The highest BCUT2D eigenvalue weighted by Crippen LogP contribution is 2.35. The Labute approximate surface area is 178 Å². The third-order valence-electron chi connectivity index (χ3n) is 5.07. The number of aliphatic hydroxyl groups is 1. The van der Waals surface area contributed by atoms with Crippen LogP contribution in [0.5, 0.6) is 0 Å². The van der Waals surface area contributed by atoms with Crippen molar-refractivity contribution in [2.45, 2.75) is 39.0 Å². The molecule has 3 aromatic heterocycles. The molecular formula is C21H22FN7O2. The second-order valence-corrected chi connectivity index (χ2v) is 7.39. The summed E-state index contributed by atoms with van der Waals surface area (Å²) in [6.07, 6.45) is 5.09. The fraction of sp³-hybridized carbons (Fsp3) is 0.333. The van der Waals surface area contributed by atoms with Crippen LogP contribution < -0.4 is 10.6 Å². The number of carbonyl (C=O) groups excluding carboxylic acids is 1. The molecule has 0 aromatic carbocycles. The number of aryl methyl sites for hydroxylation is 1. The molecule has 1 aliphatic rings. The lowest BCUT2D eigenvalue weighted by molar-refractivity contribution is -0.117. The first kappa shape index (κ1) is 20.7. The minimum absolute atomic E-state index is 0.242.